The number of halogens is 1. The molecule has 0 aliphatic carbocycles. The summed E-state index contributed by atoms with van der Waals surface area (Å²) in [6.45, 7) is 1.77. The lowest BCUT2D eigenvalue weighted by Crippen LogP contribution is -2.42. The van der Waals surface area contributed by atoms with E-state index in [9.17, 15) is 14.9 Å². The highest BCUT2D eigenvalue weighted by Gasteiger charge is 2.20. The maximum Gasteiger partial charge on any atom is 0.310 e. The highest BCUT2D eigenvalue weighted by Crippen LogP contribution is 2.27. The fraction of sp³-hybridized carbons (Fsp3) is 0.462. The fourth-order valence-electron chi connectivity index (χ4n) is 2.20. The number of methoxy groups -OCH3 is 1. The van der Waals surface area contributed by atoms with E-state index in [0.29, 0.717) is 5.56 Å². The van der Waals surface area contributed by atoms with Gasteiger partial charge in [-0.15, -0.1) is 12.4 Å². The molecule has 0 saturated carbocycles. The highest BCUT2D eigenvalue weighted by atomic mass is 35.5. The number of nitro benzene ring substituents is 1. The Kier molecular flexibility index (Phi) is 6.39. The number of ether oxygens (including phenoxy) is 1. The van der Waals surface area contributed by atoms with Gasteiger partial charge in [-0.3, -0.25) is 14.9 Å². The van der Waals surface area contributed by atoms with Crippen LogP contribution in [0.25, 0.3) is 0 Å². The van der Waals surface area contributed by atoms with Crippen LogP contribution < -0.4 is 15.4 Å². The van der Waals surface area contributed by atoms with E-state index in [4.69, 9.17) is 4.74 Å². The molecule has 0 atom stereocenters. The van der Waals surface area contributed by atoms with Gasteiger partial charge in [0, 0.05) is 23.7 Å². The summed E-state index contributed by atoms with van der Waals surface area (Å²) in [7, 11) is 1.34. The summed E-state index contributed by atoms with van der Waals surface area (Å²) in [5.74, 6) is -0.141. The van der Waals surface area contributed by atoms with Gasteiger partial charge in [0.1, 0.15) is 0 Å². The summed E-state index contributed by atoms with van der Waals surface area (Å²) >= 11 is 0. The van der Waals surface area contributed by atoms with Crippen LogP contribution in [0.1, 0.15) is 23.2 Å². The molecular weight excluding hydrogens is 298 g/mol. The molecule has 7 nitrogen and oxygen atoms in total. The van der Waals surface area contributed by atoms with E-state index < -0.39 is 4.92 Å². The predicted octanol–water partition coefficient (Wildman–Crippen LogP) is 1.51. The number of nitrogens with one attached hydrogen (secondary N) is 2. The van der Waals surface area contributed by atoms with Gasteiger partial charge in [0.2, 0.25) is 0 Å². The van der Waals surface area contributed by atoms with Crippen LogP contribution >= 0.6 is 12.4 Å². The highest BCUT2D eigenvalue weighted by molar-refractivity contribution is 5.95. The van der Waals surface area contributed by atoms with Crippen LogP contribution in [0.3, 0.4) is 0 Å². The molecule has 1 aliphatic rings. The van der Waals surface area contributed by atoms with E-state index in [1.165, 1.54) is 25.3 Å². The smallest absolute Gasteiger partial charge is 0.310 e. The molecule has 0 radical (unpaired) electrons. The third-order valence-corrected chi connectivity index (χ3v) is 3.31. The molecule has 0 spiro atoms. The number of nitrogens with zero attached hydrogens (tertiary/aromatic N) is 1. The van der Waals surface area contributed by atoms with E-state index >= 15 is 0 Å². The molecule has 2 rings (SSSR count). The maximum atomic E-state index is 12.1. The zero-order valence-electron chi connectivity index (χ0n) is 11.6. The van der Waals surface area contributed by atoms with Crippen LogP contribution in [0, 0.1) is 10.1 Å². The molecule has 1 aliphatic heterocycles. The molecule has 0 bridgehead atoms. The number of nitro groups is 1. The average molecular weight is 316 g/mol. The molecule has 0 unspecified atom stereocenters. The molecule has 116 valence electrons. The molecule has 1 aromatic rings. The molecule has 1 saturated heterocycles. The lowest BCUT2D eigenvalue weighted by Gasteiger charge is -2.23. The molecule has 0 aromatic heterocycles. The van der Waals surface area contributed by atoms with Crippen molar-refractivity contribution in [1.29, 1.82) is 0 Å². The molecule has 1 aromatic carbocycles. The van der Waals surface area contributed by atoms with Crippen molar-refractivity contribution in [3.8, 4) is 5.75 Å². The summed E-state index contributed by atoms with van der Waals surface area (Å²) in [5, 5.41) is 16.9. The van der Waals surface area contributed by atoms with Crippen LogP contribution in [0.4, 0.5) is 5.69 Å². The van der Waals surface area contributed by atoms with Crippen molar-refractivity contribution in [2.75, 3.05) is 20.2 Å². The Morgan fingerprint density at radius 3 is 2.67 bits per heavy atom. The molecule has 2 N–H and O–H groups in total. The number of carbonyl (C=O) groups is 1. The van der Waals surface area contributed by atoms with Crippen molar-refractivity contribution < 1.29 is 14.5 Å². The van der Waals surface area contributed by atoms with Gasteiger partial charge in [-0.25, -0.2) is 0 Å². The van der Waals surface area contributed by atoms with Crippen molar-refractivity contribution in [2.45, 2.75) is 18.9 Å². The minimum absolute atomic E-state index is 0. The summed E-state index contributed by atoms with van der Waals surface area (Å²) in [5.41, 5.74) is 0.219. The second-order valence-electron chi connectivity index (χ2n) is 4.64. The van der Waals surface area contributed by atoms with E-state index in [2.05, 4.69) is 10.6 Å². The second-order valence-corrected chi connectivity index (χ2v) is 4.64. The number of piperidine rings is 1. The second kappa shape index (κ2) is 7.80. The Hall–Kier alpha value is -1.86. The number of rotatable bonds is 4. The summed E-state index contributed by atoms with van der Waals surface area (Å²) in [6.07, 6.45) is 1.77. The lowest BCUT2D eigenvalue weighted by atomic mass is 10.1. The Morgan fingerprint density at radius 2 is 2.10 bits per heavy atom. The predicted molar refractivity (Wildman–Crippen MR) is 80.3 cm³/mol. The number of hydrogen-bond acceptors (Lipinski definition) is 5. The van der Waals surface area contributed by atoms with Gasteiger partial charge in [0.25, 0.3) is 5.91 Å². The van der Waals surface area contributed by atoms with Gasteiger partial charge >= 0.3 is 5.69 Å². The van der Waals surface area contributed by atoms with Gasteiger partial charge in [0.15, 0.2) is 5.75 Å². The first-order chi connectivity index (χ1) is 9.61. The van der Waals surface area contributed by atoms with Crippen molar-refractivity contribution in [3.05, 3.63) is 33.9 Å². The standard InChI is InChI=1S/C13H17N3O4.ClH/c1-20-12-8-9(2-3-11(12)16(18)19)13(17)15-10-4-6-14-7-5-10;/h2-3,8,10,14H,4-7H2,1H3,(H,15,17);1H. The SMILES string of the molecule is COc1cc(C(=O)NC2CCNCC2)ccc1[N+](=O)[O-].Cl. The topological polar surface area (TPSA) is 93.5 Å². The Bertz CT molecular complexity index is 518. The minimum Gasteiger partial charge on any atom is -0.490 e. The third-order valence-electron chi connectivity index (χ3n) is 3.31. The summed E-state index contributed by atoms with van der Waals surface area (Å²) < 4.78 is 4.96. The Labute approximate surface area is 128 Å². The van der Waals surface area contributed by atoms with Gasteiger partial charge in [-0.1, -0.05) is 0 Å². The molecule has 1 heterocycles. The first kappa shape index (κ1) is 17.2. The Morgan fingerprint density at radius 1 is 1.43 bits per heavy atom. The normalized spacial score (nSPS) is 14.9. The van der Waals surface area contributed by atoms with Crippen molar-refractivity contribution in [2.24, 2.45) is 0 Å². The summed E-state index contributed by atoms with van der Waals surface area (Å²) in [4.78, 5) is 22.4. The van der Waals surface area contributed by atoms with Crippen molar-refractivity contribution in [1.82, 2.24) is 10.6 Å². The largest absolute Gasteiger partial charge is 0.490 e. The number of hydrogen-bond donors (Lipinski definition) is 2. The molecule has 1 fully saturated rings. The number of amides is 1. The minimum atomic E-state index is -0.534. The van der Waals surface area contributed by atoms with E-state index in [-0.39, 0.29) is 35.8 Å². The molecule has 1 amide bonds. The van der Waals surface area contributed by atoms with Crippen molar-refractivity contribution >= 4 is 24.0 Å². The van der Waals surface area contributed by atoms with Gasteiger partial charge < -0.3 is 15.4 Å². The third kappa shape index (κ3) is 4.30. The zero-order valence-corrected chi connectivity index (χ0v) is 12.4. The molecular formula is C13H18ClN3O4. The lowest BCUT2D eigenvalue weighted by molar-refractivity contribution is -0.385. The molecule has 8 heteroatoms. The van der Waals surface area contributed by atoms with Crippen molar-refractivity contribution in [3.63, 3.8) is 0 Å². The quantitative estimate of drug-likeness (QED) is 0.649. The average Bonchev–Trinajstić information content (AvgIpc) is 2.47. The van der Waals surface area contributed by atoms with Crippen LogP contribution in [-0.4, -0.2) is 37.1 Å². The zero-order chi connectivity index (χ0) is 14.5. The van der Waals surface area contributed by atoms with Gasteiger partial charge in [-0.2, -0.15) is 0 Å². The number of carbonyl (C=O) groups excluding carboxylic acids is 1. The van der Waals surface area contributed by atoms with Crippen LogP contribution in [0.2, 0.25) is 0 Å². The van der Waals surface area contributed by atoms with Crippen LogP contribution in [0.5, 0.6) is 5.75 Å². The van der Waals surface area contributed by atoms with Gasteiger partial charge in [0.05, 0.1) is 12.0 Å². The monoisotopic (exact) mass is 315 g/mol. The summed E-state index contributed by atoms with van der Waals surface area (Å²) in [6, 6.07) is 4.27. The maximum absolute atomic E-state index is 12.1. The van der Waals surface area contributed by atoms with Crippen LogP contribution in [0.15, 0.2) is 18.2 Å². The first-order valence-corrected chi connectivity index (χ1v) is 6.46. The fourth-order valence-corrected chi connectivity index (χ4v) is 2.20. The van der Waals surface area contributed by atoms with Crippen LogP contribution in [-0.2, 0) is 0 Å². The first-order valence-electron chi connectivity index (χ1n) is 6.46. The molecule has 21 heavy (non-hydrogen) atoms. The van der Waals surface area contributed by atoms with E-state index in [1.807, 2.05) is 0 Å². The Balaban J connectivity index is 0.00000220. The number of benzene rings is 1. The van der Waals surface area contributed by atoms with E-state index in [1.54, 1.807) is 0 Å². The van der Waals surface area contributed by atoms with Gasteiger partial charge in [-0.05, 0) is 32.0 Å². The van der Waals surface area contributed by atoms with E-state index in [0.717, 1.165) is 25.9 Å².